The largest absolute Gasteiger partial charge is 0.339 e. The molecule has 19 heavy (non-hydrogen) atoms. The van der Waals surface area contributed by atoms with Gasteiger partial charge in [-0.3, -0.25) is 4.79 Å². The highest BCUT2D eigenvalue weighted by molar-refractivity contribution is 9.10. The molecule has 0 atom stereocenters. The number of hydrogen-bond donors (Lipinski definition) is 0. The number of carbonyl (C=O) groups is 1. The first-order valence-corrected chi connectivity index (χ1v) is 7.57. The zero-order valence-corrected chi connectivity index (χ0v) is 13.3. The molecule has 0 radical (unpaired) electrons. The number of rotatable bonds is 6. The summed E-state index contributed by atoms with van der Waals surface area (Å²) in [7, 11) is 0. The molecule has 4 heteroatoms. The third-order valence-electron chi connectivity index (χ3n) is 3.47. The smallest absolute Gasteiger partial charge is 0.253 e. The van der Waals surface area contributed by atoms with Crippen LogP contribution in [0.1, 0.15) is 44.0 Å². The molecule has 0 saturated carbocycles. The highest BCUT2D eigenvalue weighted by Gasteiger charge is 2.18. The Labute approximate surface area is 123 Å². The van der Waals surface area contributed by atoms with E-state index in [-0.39, 0.29) is 11.7 Å². The van der Waals surface area contributed by atoms with E-state index >= 15 is 0 Å². The molecule has 1 aromatic carbocycles. The predicted octanol–water partition coefficient (Wildman–Crippen LogP) is 4.49. The molecule has 1 rings (SSSR count). The van der Waals surface area contributed by atoms with Gasteiger partial charge in [0.1, 0.15) is 5.82 Å². The fraction of sp³-hybridized carbons (Fsp3) is 0.533. The Bertz CT molecular complexity index is 432. The van der Waals surface area contributed by atoms with Crippen LogP contribution in [0.15, 0.2) is 22.7 Å². The molecule has 0 aromatic heterocycles. The quantitative estimate of drug-likeness (QED) is 0.753. The van der Waals surface area contributed by atoms with Gasteiger partial charge in [-0.05, 0) is 47.0 Å². The minimum atomic E-state index is -0.348. The molecule has 0 saturated heterocycles. The number of benzene rings is 1. The van der Waals surface area contributed by atoms with E-state index < -0.39 is 0 Å². The average molecular weight is 330 g/mol. The minimum Gasteiger partial charge on any atom is -0.339 e. The topological polar surface area (TPSA) is 20.3 Å². The highest BCUT2D eigenvalue weighted by Crippen LogP contribution is 2.19. The van der Waals surface area contributed by atoms with Gasteiger partial charge in [-0.25, -0.2) is 4.39 Å². The number of amides is 1. The molecule has 1 amide bonds. The maximum atomic E-state index is 13.2. The third kappa shape index (κ3) is 4.30. The van der Waals surface area contributed by atoms with Crippen molar-refractivity contribution < 1.29 is 9.18 Å². The molecule has 0 spiro atoms. The molecule has 106 valence electrons. The van der Waals surface area contributed by atoms with Crippen LogP contribution in [0.4, 0.5) is 4.39 Å². The number of hydrogen-bond acceptors (Lipinski definition) is 1. The lowest BCUT2D eigenvalue weighted by molar-refractivity contribution is 0.0735. The van der Waals surface area contributed by atoms with E-state index in [9.17, 15) is 9.18 Å². The second kappa shape index (κ2) is 7.63. The molecule has 1 aromatic rings. The Balaban J connectivity index is 2.85. The van der Waals surface area contributed by atoms with E-state index in [1.54, 1.807) is 6.07 Å². The molecule has 0 heterocycles. The maximum absolute atomic E-state index is 13.2. The van der Waals surface area contributed by atoms with Crippen molar-refractivity contribution in [2.45, 2.75) is 33.6 Å². The van der Waals surface area contributed by atoms with Crippen LogP contribution in [0.5, 0.6) is 0 Å². The third-order valence-corrected chi connectivity index (χ3v) is 4.08. The standard InChI is InChI=1S/C15H21BrFNO/c1-4-11(5-2)10-18(6-3)15(19)12-7-8-14(17)13(16)9-12/h7-9,11H,4-6,10H2,1-3H3. The minimum absolute atomic E-state index is 0.0323. The summed E-state index contributed by atoms with van der Waals surface area (Å²) in [4.78, 5) is 14.2. The summed E-state index contributed by atoms with van der Waals surface area (Å²) >= 11 is 3.12. The Hall–Kier alpha value is -0.900. The van der Waals surface area contributed by atoms with Gasteiger partial charge < -0.3 is 4.90 Å². The number of nitrogens with zero attached hydrogens (tertiary/aromatic N) is 1. The van der Waals surface area contributed by atoms with Crippen LogP contribution in [0, 0.1) is 11.7 Å². The lowest BCUT2D eigenvalue weighted by Gasteiger charge is -2.25. The first kappa shape index (κ1) is 16.2. The van der Waals surface area contributed by atoms with Gasteiger partial charge in [0.25, 0.3) is 5.91 Å². The molecule has 0 aliphatic carbocycles. The molecule has 0 bridgehead atoms. The summed E-state index contributed by atoms with van der Waals surface area (Å²) in [6.07, 6.45) is 2.13. The first-order valence-electron chi connectivity index (χ1n) is 6.77. The second-order valence-electron chi connectivity index (χ2n) is 4.66. The zero-order valence-electron chi connectivity index (χ0n) is 11.7. The van der Waals surface area contributed by atoms with Crippen LogP contribution in [-0.4, -0.2) is 23.9 Å². The monoisotopic (exact) mass is 329 g/mol. The zero-order chi connectivity index (χ0) is 14.4. The summed E-state index contributed by atoms with van der Waals surface area (Å²) in [6.45, 7) is 7.68. The Morgan fingerprint density at radius 2 is 1.95 bits per heavy atom. The predicted molar refractivity (Wildman–Crippen MR) is 79.7 cm³/mol. The van der Waals surface area contributed by atoms with Gasteiger partial charge in [-0.2, -0.15) is 0 Å². The first-order chi connectivity index (χ1) is 9.03. The van der Waals surface area contributed by atoms with Crippen molar-refractivity contribution in [2.24, 2.45) is 5.92 Å². The van der Waals surface area contributed by atoms with Gasteiger partial charge in [-0.15, -0.1) is 0 Å². The normalized spacial score (nSPS) is 10.8. The van der Waals surface area contributed by atoms with Gasteiger partial charge in [0.05, 0.1) is 4.47 Å². The van der Waals surface area contributed by atoms with Crippen LogP contribution in [0.25, 0.3) is 0 Å². The average Bonchev–Trinajstić information content (AvgIpc) is 2.42. The van der Waals surface area contributed by atoms with Crippen molar-refractivity contribution in [1.29, 1.82) is 0 Å². The van der Waals surface area contributed by atoms with E-state index in [1.165, 1.54) is 12.1 Å². The lowest BCUT2D eigenvalue weighted by atomic mass is 10.0. The van der Waals surface area contributed by atoms with Crippen LogP contribution < -0.4 is 0 Å². The SMILES string of the molecule is CCC(CC)CN(CC)C(=O)c1ccc(F)c(Br)c1. The van der Waals surface area contributed by atoms with Crippen LogP contribution in [0.2, 0.25) is 0 Å². The van der Waals surface area contributed by atoms with Crippen molar-refractivity contribution in [3.8, 4) is 0 Å². The van der Waals surface area contributed by atoms with E-state index in [0.717, 1.165) is 19.4 Å². The van der Waals surface area contributed by atoms with E-state index in [4.69, 9.17) is 0 Å². The molecule has 0 aliphatic rings. The summed E-state index contributed by atoms with van der Waals surface area (Å²) in [5.74, 6) is 0.141. The molecule has 2 nitrogen and oxygen atoms in total. The van der Waals surface area contributed by atoms with E-state index in [2.05, 4.69) is 29.8 Å². The van der Waals surface area contributed by atoms with Crippen molar-refractivity contribution >= 4 is 21.8 Å². The molecule has 0 N–H and O–H groups in total. The summed E-state index contributed by atoms with van der Waals surface area (Å²) in [5.41, 5.74) is 0.529. The molecular weight excluding hydrogens is 309 g/mol. The van der Waals surface area contributed by atoms with Crippen LogP contribution in [0.3, 0.4) is 0 Å². The van der Waals surface area contributed by atoms with Crippen LogP contribution >= 0.6 is 15.9 Å². The van der Waals surface area contributed by atoms with Gasteiger partial charge in [0, 0.05) is 18.7 Å². The fourth-order valence-electron chi connectivity index (χ4n) is 2.03. The van der Waals surface area contributed by atoms with E-state index in [1.807, 2.05) is 11.8 Å². The van der Waals surface area contributed by atoms with Gasteiger partial charge >= 0.3 is 0 Å². The Morgan fingerprint density at radius 3 is 2.42 bits per heavy atom. The molecule has 0 aliphatic heterocycles. The van der Waals surface area contributed by atoms with Crippen LogP contribution in [-0.2, 0) is 0 Å². The van der Waals surface area contributed by atoms with Crippen molar-refractivity contribution in [3.05, 3.63) is 34.1 Å². The maximum Gasteiger partial charge on any atom is 0.253 e. The second-order valence-corrected chi connectivity index (χ2v) is 5.51. The fourth-order valence-corrected chi connectivity index (χ4v) is 2.40. The summed E-state index contributed by atoms with van der Waals surface area (Å²) in [5, 5.41) is 0. The molecule has 0 fully saturated rings. The lowest BCUT2D eigenvalue weighted by Crippen LogP contribution is -2.35. The summed E-state index contributed by atoms with van der Waals surface area (Å²) < 4.78 is 13.5. The van der Waals surface area contributed by atoms with Crippen molar-refractivity contribution in [2.75, 3.05) is 13.1 Å². The van der Waals surface area contributed by atoms with Crippen molar-refractivity contribution in [1.82, 2.24) is 4.90 Å². The Kier molecular flexibility index (Phi) is 6.49. The van der Waals surface area contributed by atoms with Gasteiger partial charge in [0.15, 0.2) is 0 Å². The van der Waals surface area contributed by atoms with Gasteiger partial charge in [-0.1, -0.05) is 26.7 Å². The van der Waals surface area contributed by atoms with Crippen molar-refractivity contribution in [3.63, 3.8) is 0 Å². The summed E-state index contributed by atoms with van der Waals surface area (Å²) in [6, 6.07) is 4.41. The number of carbonyl (C=O) groups excluding carboxylic acids is 1. The number of halogens is 2. The Morgan fingerprint density at radius 1 is 1.32 bits per heavy atom. The molecular formula is C15H21BrFNO. The van der Waals surface area contributed by atoms with E-state index in [0.29, 0.717) is 22.5 Å². The highest BCUT2D eigenvalue weighted by atomic mass is 79.9. The van der Waals surface area contributed by atoms with Gasteiger partial charge in [0.2, 0.25) is 0 Å². The molecule has 0 unspecified atom stereocenters.